The molecule has 0 aromatic carbocycles. The fourth-order valence-corrected chi connectivity index (χ4v) is 3.22. The Morgan fingerprint density at radius 3 is 2.67 bits per heavy atom. The van der Waals surface area contributed by atoms with E-state index in [0.717, 1.165) is 12.8 Å². The monoisotopic (exact) mass is 303 g/mol. The van der Waals surface area contributed by atoms with Crippen LogP contribution >= 0.6 is 0 Å². The Kier molecular flexibility index (Phi) is 3.40. The van der Waals surface area contributed by atoms with Gasteiger partial charge in [-0.1, -0.05) is 0 Å². The van der Waals surface area contributed by atoms with E-state index in [9.17, 15) is 18.3 Å². The fourth-order valence-electron chi connectivity index (χ4n) is 3.22. The lowest BCUT2D eigenvalue weighted by atomic mass is 10.00. The maximum absolute atomic E-state index is 12.8. The summed E-state index contributed by atoms with van der Waals surface area (Å²) in [6.45, 7) is 1.10. The molecule has 1 aliphatic heterocycles. The highest BCUT2D eigenvalue weighted by Gasteiger charge is 2.43. The highest BCUT2D eigenvalue weighted by molar-refractivity contribution is 5.50. The number of aliphatic hydroxyl groups is 1. The third kappa shape index (κ3) is 2.62. The number of rotatable bonds is 2. The Labute approximate surface area is 119 Å². The van der Waals surface area contributed by atoms with Gasteiger partial charge in [-0.3, -0.25) is 0 Å². The Bertz CT molecular complexity index is 538. The van der Waals surface area contributed by atoms with Gasteiger partial charge in [-0.2, -0.15) is 13.2 Å². The van der Waals surface area contributed by atoms with Crippen LogP contribution in [0.4, 0.5) is 24.8 Å². The minimum atomic E-state index is -4.63. The Morgan fingerprint density at radius 2 is 2.05 bits per heavy atom. The fraction of sp³-hybridized carbons (Fsp3) is 0.667. The molecule has 2 aliphatic rings. The number of nitrogens with zero attached hydrogens (tertiary/aromatic N) is 3. The minimum Gasteiger partial charge on any atom is -0.393 e. The van der Waals surface area contributed by atoms with Gasteiger partial charge in [0.15, 0.2) is 0 Å². The number of nitrogen functional groups attached to an aromatic ring is 1. The standard InChI is InChI=1S/C12H16F3N5O/c13-12(14,15)11-17-9(19-16)3-10(18-11)20-4-6-1-2-8(21)7(6)5-20/h3,6-8,21H,1-2,4-5,16H2,(H,17,18,19). The van der Waals surface area contributed by atoms with E-state index < -0.39 is 12.0 Å². The number of hydrazine groups is 1. The number of fused-ring (bicyclic) bond motifs is 1. The highest BCUT2D eigenvalue weighted by Crippen LogP contribution is 2.40. The van der Waals surface area contributed by atoms with Crippen molar-refractivity contribution < 1.29 is 18.3 Å². The topological polar surface area (TPSA) is 87.3 Å². The molecule has 21 heavy (non-hydrogen) atoms. The van der Waals surface area contributed by atoms with Crippen LogP contribution in [0, 0.1) is 11.8 Å². The molecule has 1 saturated heterocycles. The first-order valence-corrected chi connectivity index (χ1v) is 6.74. The smallest absolute Gasteiger partial charge is 0.393 e. The van der Waals surface area contributed by atoms with E-state index in [-0.39, 0.29) is 23.7 Å². The number of halogens is 3. The van der Waals surface area contributed by atoms with Crippen molar-refractivity contribution in [2.45, 2.75) is 25.1 Å². The molecule has 0 amide bonds. The Morgan fingerprint density at radius 1 is 1.29 bits per heavy atom. The van der Waals surface area contributed by atoms with Crippen LogP contribution in [0.1, 0.15) is 18.7 Å². The van der Waals surface area contributed by atoms with Crippen molar-refractivity contribution in [2.75, 3.05) is 23.4 Å². The largest absolute Gasteiger partial charge is 0.451 e. The van der Waals surface area contributed by atoms with Gasteiger partial charge >= 0.3 is 6.18 Å². The van der Waals surface area contributed by atoms with Crippen LogP contribution in [0.3, 0.4) is 0 Å². The molecule has 0 bridgehead atoms. The molecule has 2 heterocycles. The van der Waals surface area contributed by atoms with Crippen molar-refractivity contribution in [3.05, 3.63) is 11.9 Å². The number of nitrogens with two attached hydrogens (primary N) is 1. The van der Waals surface area contributed by atoms with Crippen molar-refractivity contribution >= 4 is 11.6 Å². The number of alkyl halides is 3. The van der Waals surface area contributed by atoms with Crippen LogP contribution in [0.25, 0.3) is 0 Å². The van der Waals surface area contributed by atoms with E-state index in [4.69, 9.17) is 5.84 Å². The van der Waals surface area contributed by atoms with Crippen molar-refractivity contribution in [1.29, 1.82) is 0 Å². The second-order valence-corrected chi connectivity index (χ2v) is 5.55. The lowest BCUT2D eigenvalue weighted by Gasteiger charge is -2.21. The van der Waals surface area contributed by atoms with E-state index in [2.05, 4.69) is 15.4 Å². The van der Waals surface area contributed by atoms with Gasteiger partial charge in [0, 0.05) is 25.1 Å². The van der Waals surface area contributed by atoms with E-state index >= 15 is 0 Å². The SMILES string of the molecule is NNc1cc(N2CC3CCC(O)C3C2)nc(C(F)(F)F)n1. The summed E-state index contributed by atoms with van der Waals surface area (Å²) in [5.41, 5.74) is 2.14. The van der Waals surface area contributed by atoms with Crippen molar-refractivity contribution in [1.82, 2.24) is 9.97 Å². The molecule has 1 aromatic heterocycles. The van der Waals surface area contributed by atoms with Gasteiger partial charge in [0.05, 0.1) is 6.10 Å². The van der Waals surface area contributed by atoms with Crippen molar-refractivity contribution in [3.63, 3.8) is 0 Å². The molecule has 1 aromatic rings. The zero-order chi connectivity index (χ0) is 15.2. The summed E-state index contributed by atoms with van der Waals surface area (Å²) in [4.78, 5) is 8.69. The first-order valence-electron chi connectivity index (χ1n) is 6.74. The maximum Gasteiger partial charge on any atom is 0.451 e. The molecular weight excluding hydrogens is 287 g/mol. The van der Waals surface area contributed by atoms with Gasteiger partial charge in [-0.15, -0.1) is 0 Å². The zero-order valence-corrected chi connectivity index (χ0v) is 11.1. The number of nitrogens with one attached hydrogen (secondary N) is 1. The van der Waals surface area contributed by atoms with E-state index in [1.165, 1.54) is 6.07 Å². The Balaban J connectivity index is 1.89. The van der Waals surface area contributed by atoms with E-state index in [1.54, 1.807) is 4.90 Å². The molecule has 6 nitrogen and oxygen atoms in total. The maximum atomic E-state index is 12.8. The van der Waals surface area contributed by atoms with Crippen LogP contribution in [0.5, 0.6) is 0 Å². The number of hydrogen-bond acceptors (Lipinski definition) is 6. The predicted molar refractivity (Wildman–Crippen MR) is 69.3 cm³/mol. The summed E-state index contributed by atoms with van der Waals surface area (Å²) < 4.78 is 38.4. The number of aliphatic hydroxyl groups excluding tert-OH is 1. The molecule has 0 radical (unpaired) electrons. The number of aromatic nitrogens is 2. The molecule has 2 fully saturated rings. The molecule has 3 unspecified atom stereocenters. The lowest BCUT2D eigenvalue weighted by molar-refractivity contribution is -0.144. The van der Waals surface area contributed by atoms with Gasteiger partial charge < -0.3 is 15.4 Å². The molecule has 4 N–H and O–H groups in total. The molecule has 116 valence electrons. The summed E-state index contributed by atoms with van der Waals surface area (Å²) in [7, 11) is 0. The van der Waals surface area contributed by atoms with Crippen LogP contribution in [-0.4, -0.2) is 34.3 Å². The van der Waals surface area contributed by atoms with Crippen molar-refractivity contribution in [3.8, 4) is 0 Å². The summed E-state index contributed by atoms with van der Waals surface area (Å²) >= 11 is 0. The summed E-state index contributed by atoms with van der Waals surface area (Å²) in [6.07, 6.45) is -3.36. The Hall–Kier alpha value is -1.61. The minimum absolute atomic E-state index is 0.0788. The van der Waals surface area contributed by atoms with Gasteiger partial charge in [-0.05, 0) is 18.8 Å². The predicted octanol–water partition coefficient (Wildman–Crippen LogP) is 0.988. The van der Waals surface area contributed by atoms with Gasteiger partial charge in [0.1, 0.15) is 11.6 Å². The zero-order valence-electron chi connectivity index (χ0n) is 11.1. The highest BCUT2D eigenvalue weighted by atomic mass is 19.4. The molecule has 3 atom stereocenters. The summed E-state index contributed by atoms with van der Waals surface area (Å²) in [5.74, 6) is 4.47. The van der Waals surface area contributed by atoms with Crippen LogP contribution in [0.15, 0.2) is 6.07 Å². The van der Waals surface area contributed by atoms with Crippen LogP contribution in [0.2, 0.25) is 0 Å². The summed E-state index contributed by atoms with van der Waals surface area (Å²) in [5, 5.41) is 9.88. The van der Waals surface area contributed by atoms with E-state index in [1.807, 2.05) is 0 Å². The van der Waals surface area contributed by atoms with Crippen molar-refractivity contribution in [2.24, 2.45) is 17.7 Å². The third-order valence-electron chi connectivity index (χ3n) is 4.26. The molecular formula is C12H16F3N5O. The average molecular weight is 303 g/mol. The molecule has 0 spiro atoms. The first-order chi connectivity index (χ1) is 9.88. The number of anilines is 2. The molecule has 1 aliphatic carbocycles. The third-order valence-corrected chi connectivity index (χ3v) is 4.26. The molecule has 3 rings (SSSR count). The van der Waals surface area contributed by atoms with E-state index in [0.29, 0.717) is 19.0 Å². The molecule has 1 saturated carbocycles. The molecule has 9 heteroatoms. The second kappa shape index (κ2) is 4.99. The first kappa shape index (κ1) is 14.3. The van der Waals surface area contributed by atoms with Crippen LogP contribution < -0.4 is 16.2 Å². The summed E-state index contributed by atoms with van der Waals surface area (Å²) in [6, 6.07) is 1.39. The number of hydrogen-bond donors (Lipinski definition) is 3. The van der Waals surface area contributed by atoms with Gasteiger partial charge in [0.2, 0.25) is 5.82 Å². The quantitative estimate of drug-likeness (QED) is 0.558. The average Bonchev–Trinajstić information content (AvgIpc) is 3.00. The van der Waals surface area contributed by atoms with Gasteiger partial charge in [0.25, 0.3) is 0 Å². The normalized spacial score (nSPS) is 28.8. The van der Waals surface area contributed by atoms with Crippen LogP contribution in [-0.2, 0) is 6.18 Å². The lowest BCUT2D eigenvalue weighted by Crippen LogP contribution is -2.27. The van der Waals surface area contributed by atoms with Gasteiger partial charge in [-0.25, -0.2) is 15.8 Å². The second-order valence-electron chi connectivity index (χ2n) is 5.55.